The number of fused-ring (bicyclic) bond motifs is 1. The van der Waals surface area contributed by atoms with E-state index in [0.717, 1.165) is 36.6 Å². The zero-order valence-electron chi connectivity index (χ0n) is 12.9. The van der Waals surface area contributed by atoms with Crippen molar-refractivity contribution in [1.29, 1.82) is 0 Å². The molecule has 1 fully saturated rings. The van der Waals surface area contributed by atoms with Gasteiger partial charge in [-0.1, -0.05) is 37.8 Å². The van der Waals surface area contributed by atoms with Crippen molar-refractivity contribution in [3.8, 4) is 0 Å². The molecular weight excluding hydrogens is 296 g/mol. The van der Waals surface area contributed by atoms with Crippen LogP contribution in [0.3, 0.4) is 0 Å². The van der Waals surface area contributed by atoms with Gasteiger partial charge in [0.05, 0.1) is 5.52 Å². The standard InChI is InChI=1S/C17H22N2O2S/c1-13-11-14-7-6-10-16(17(14)18-12-13)22(20,21)19-15-8-4-2-3-5-9-15/h6-7,10-12,15,19H,2-5,8-9H2,1H3. The summed E-state index contributed by atoms with van der Waals surface area (Å²) in [5, 5.41) is 0.865. The molecule has 0 unspecified atom stereocenters. The van der Waals surface area contributed by atoms with Gasteiger partial charge in [-0.3, -0.25) is 4.98 Å². The van der Waals surface area contributed by atoms with Crippen LogP contribution in [-0.2, 0) is 10.0 Å². The predicted molar refractivity (Wildman–Crippen MR) is 88.3 cm³/mol. The van der Waals surface area contributed by atoms with Crippen LogP contribution in [0.4, 0.5) is 0 Å². The second-order valence-electron chi connectivity index (χ2n) is 6.15. The molecule has 0 aliphatic heterocycles. The van der Waals surface area contributed by atoms with E-state index in [1.807, 2.05) is 19.1 Å². The number of pyridine rings is 1. The zero-order valence-corrected chi connectivity index (χ0v) is 13.7. The van der Waals surface area contributed by atoms with E-state index in [4.69, 9.17) is 0 Å². The lowest BCUT2D eigenvalue weighted by Crippen LogP contribution is -2.34. The first kappa shape index (κ1) is 15.4. The van der Waals surface area contributed by atoms with E-state index in [-0.39, 0.29) is 10.9 Å². The first-order valence-corrected chi connectivity index (χ1v) is 9.42. The summed E-state index contributed by atoms with van der Waals surface area (Å²) < 4.78 is 28.4. The molecule has 0 amide bonds. The third-order valence-corrected chi connectivity index (χ3v) is 5.83. The SMILES string of the molecule is Cc1cnc2c(S(=O)(=O)NC3CCCCCC3)cccc2c1. The van der Waals surface area contributed by atoms with Gasteiger partial charge in [0.15, 0.2) is 0 Å². The van der Waals surface area contributed by atoms with Crippen LogP contribution in [-0.4, -0.2) is 19.4 Å². The van der Waals surface area contributed by atoms with Crippen LogP contribution in [0.25, 0.3) is 10.9 Å². The molecular formula is C17H22N2O2S. The van der Waals surface area contributed by atoms with Crippen molar-refractivity contribution < 1.29 is 8.42 Å². The maximum Gasteiger partial charge on any atom is 0.242 e. The number of nitrogens with zero attached hydrogens (tertiary/aromatic N) is 1. The number of rotatable bonds is 3. The van der Waals surface area contributed by atoms with Gasteiger partial charge in [0.1, 0.15) is 4.90 Å². The average molecular weight is 318 g/mol. The van der Waals surface area contributed by atoms with Gasteiger partial charge in [-0.2, -0.15) is 0 Å². The summed E-state index contributed by atoms with van der Waals surface area (Å²) >= 11 is 0. The molecule has 1 aromatic carbocycles. The summed E-state index contributed by atoms with van der Waals surface area (Å²) in [6.45, 7) is 1.96. The molecule has 1 saturated carbocycles. The fourth-order valence-electron chi connectivity index (χ4n) is 3.14. The Morgan fingerprint density at radius 2 is 1.86 bits per heavy atom. The van der Waals surface area contributed by atoms with Gasteiger partial charge in [0, 0.05) is 17.6 Å². The molecule has 0 bridgehead atoms. The van der Waals surface area contributed by atoms with Crippen molar-refractivity contribution in [2.75, 3.05) is 0 Å². The molecule has 1 heterocycles. The number of para-hydroxylation sites is 1. The molecule has 5 heteroatoms. The number of hydrogen-bond donors (Lipinski definition) is 1. The van der Waals surface area contributed by atoms with Gasteiger partial charge in [-0.25, -0.2) is 13.1 Å². The van der Waals surface area contributed by atoms with Crippen LogP contribution in [0.15, 0.2) is 35.4 Å². The Bertz CT molecular complexity index is 763. The highest BCUT2D eigenvalue weighted by atomic mass is 32.2. The van der Waals surface area contributed by atoms with Crippen molar-refractivity contribution >= 4 is 20.9 Å². The van der Waals surface area contributed by atoms with E-state index >= 15 is 0 Å². The minimum atomic E-state index is -3.53. The van der Waals surface area contributed by atoms with Gasteiger partial charge >= 0.3 is 0 Å². The van der Waals surface area contributed by atoms with E-state index < -0.39 is 10.0 Å². The lowest BCUT2D eigenvalue weighted by Gasteiger charge is -2.17. The maximum atomic E-state index is 12.8. The number of aryl methyl sites for hydroxylation is 1. The van der Waals surface area contributed by atoms with Gasteiger partial charge in [0.2, 0.25) is 10.0 Å². The number of benzene rings is 1. The smallest absolute Gasteiger partial charge is 0.242 e. The van der Waals surface area contributed by atoms with Crippen molar-refractivity contribution in [3.63, 3.8) is 0 Å². The van der Waals surface area contributed by atoms with Gasteiger partial charge in [-0.15, -0.1) is 0 Å². The van der Waals surface area contributed by atoms with Crippen LogP contribution in [0, 0.1) is 6.92 Å². The molecule has 2 aromatic rings. The first-order chi connectivity index (χ1) is 10.6. The van der Waals surface area contributed by atoms with Crippen molar-refractivity contribution in [1.82, 2.24) is 9.71 Å². The number of nitrogens with one attached hydrogen (secondary N) is 1. The van der Waals surface area contributed by atoms with Crippen LogP contribution < -0.4 is 4.72 Å². The number of aromatic nitrogens is 1. The summed E-state index contributed by atoms with van der Waals surface area (Å²) in [6, 6.07) is 7.34. The van der Waals surface area contributed by atoms with Crippen molar-refractivity contribution in [3.05, 3.63) is 36.0 Å². The Balaban J connectivity index is 1.94. The topological polar surface area (TPSA) is 59.1 Å². The second kappa shape index (κ2) is 6.34. The van der Waals surface area contributed by atoms with Crippen LogP contribution in [0.1, 0.15) is 44.1 Å². The molecule has 0 spiro atoms. The normalized spacial score (nSPS) is 17.5. The molecule has 3 rings (SSSR count). The third kappa shape index (κ3) is 3.31. The van der Waals surface area contributed by atoms with Gasteiger partial charge in [0.25, 0.3) is 0 Å². The van der Waals surface area contributed by atoms with Crippen molar-refractivity contribution in [2.24, 2.45) is 0 Å². The molecule has 1 aliphatic rings. The van der Waals surface area contributed by atoms with Gasteiger partial charge < -0.3 is 0 Å². The van der Waals surface area contributed by atoms with E-state index in [2.05, 4.69) is 9.71 Å². The summed E-state index contributed by atoms with van der Waals surface area (Å²) in [5.74, 6) is 0. The van der Waals surface area contributed by atoms with E-state index in [9.17, 15) is 8.42 Å². The predicted octanol–water partition coefficient (Wildman–Crippen LogP) is 3.54. The van der Waals surface area contributed by atoms with Gasteiger partial charge in [-0.05, 0) is 37.5 Å². The largest absolute Gasteiger partial charge is 0.255 e. The molecule has 22 heavy (non-hydrogen) atoms. The van der Waals surface area contributed by atoms with E-state index in [1.54, 1.807) is 18.3 Å². The Labute approximate surface area is 132 Å². The van der Waals surface area contributed by atoms with Crippen LogP contribution >= 0.6 is 0 Å². The van der Waals surface area contributed by atoms with Crippen LogP contribution in [0.5, 0.6) is 0 Å². The Morgan fingerprint density at radius 1 is 1.14 bits per heavy atom. The first-order valence-electron chi connectivity index (χ1n) is 7.94. The fraction of sp³-hybridized carbons (Fsp3) is 0.471. The summed E-state index contributed by atoms with van der Waals surface area (Å²) in [6.07, 6.45) is 8.17. The maximum absolute atomic E-state index is 12.8. The Kier molecular flexibility index (Phi) is 4.45. The molecule has 4 nitrogen and oxygen atoms in total. The highest BCUT2D eigenvalue weighted by molar-refractivity contribution is 7.89. The van der Waals surface area contributed by atoms with Crippen molar-refractivity contribution in [2.45, 2.75) is 56.4 Å². The lowest BCUT2D eigenvalue weighted by atomic mass is 10.1. The summed E-state index contributed by atoms with van der Waals surface area (Å²) in [7, 11) is -3.53. The monoisotopic (exact) mass is 318 g/mol. The van der Waals surface area contributed by atoms with Crippen LogP contribution in [0.2, 0.25) is 0 Å². The molecule has 0 saturated heterocycles. The summed E-state index contributed by atoms with van der Waals surface area (Å²) in [4.78, 5) is 4.63. The molecule has 1 aromatic heterocycles. The molecule has 1 aliphatic carbocycles. The fourth-order valence-corrected chi connectivity index (χ4v) is 4.62. The molecule has 118 valence electrons. The minimum absolute atomic E-state index is 0.0493. The second-order valence-corrected chi connectivity index (χ2v) is 7.83. The zero-order chi connectivity index (χ0) is 15.6. The third-order valence-electron chi connectivity index (χ3n) is 4.28. The summed E-state index contributed by atoms with van der Waals surface area (Å²) in [5.41, 5.74) is 1.58. The number of hydrogen-bond acceptors (Lipinski definition) is 3. The number of sulfonamides is 1. The molecule has 0 atom stereocenters. The quantitative estimate of drug-likeness (QED) is 0.881. The molecule has 1 N–H and O–H groups in total. The minimum Gasteiger partial charge on any atom is -0.255 e. The molecule has 0 radical (unpaired) electrons. The highest BCUT2D eigenvalue weighted by Gasteiger charge is 2.23. The van der Waals surface area contributed by atoms with E-state index in [0.29, 0.717) is 5.52 Å². The lowest BCUT2D eigenvalue weighted by molar-refractivity contribution is 0.510. The van der Waals surface area contributed by atoms with E-state index in [1.165, 1.54) is 12.8 Å². The average Bonchev–Trinajstić information content (AvgIpc) is 2.74. The highest BCUT2D eigenvalue weighted by Crippen LogP contribution is 2.24. The Morgan fingerprint density at radius 3 is 2.59 bits per heavy atom. The Hall–Kier alpha value is -1.46.